The van der Waals surface area contributed by atoms with Crippen molar-refractivity contribution >= 4 is 39.3 Å². The van der Waals surface area contributed by atoms with Crippen LogP contribution in [0.15, 0.2) is 22.7 Å². The minimum atomic E-state index is 0.222. The number of nitrogens with zero attached hydrogens (tertiary/aromatic N) is 1. The Morgan fingerprint density at radius 2 is 2.37 bits per heavy atom. The van der Waals surface area contributed by atoms with Crippen LogP contribution in [0.4, 0.5) is 0 Å². The van der Waals surface area contributed by atoms with E-state index in [1.165, 1.54) is 12.2 Å². The quantitative estimate of drug-likeness (QED) is 0.879. The monoisotopic (exact) mass is 362 g/mol. The Morgan fingerprint density at radius 3 is 3.05 bits per heavy atom. The highest BCUT2D eigenvalue weighted by Gasteiger charge is 2.27. The molecular formula is C14H20BrClN2S. The number of nitrogens with two attached hydrogens (primary N) is 1. The molecule has 19 heavy (non-hydrogen) atoms. The summed E-state index contributed by atoms with van der Waals surface area (Å²) in [6, 6.07) is 6.24. The predicted octanol–water partition coefficient (Wildman–Crippen LogP) is 3.93. The van der Waals surface area contributed by atoms with Crippen LogP contribution in [0.3, 0.4) is 0 Å². The molecule has 106 valence electrons. The number of benzene rings is 1. The van der Waals surface area contributed by atoms with Gasteiger partial charge < -0.3 is 5.73 Å². The lowest BCUT2D eigenvalue weighted by atomic mass is 10.0. The van der Waals surface area contributed by atoms with Crippen LogP contribution in [0.1, 0.15) is 24.9 Å². The highest BCUT2D eigenvalue weighted by molar-refractivity contribution is 9.10. The summed E-state index contributed by atoms with van der Waals surface area (Å²) in [5.74, 6) is 1.18. The number of halogens is 2. The molecule has 0 spiro atoms. The molecule has 2 unspecified atom stereocenters. The average Bonchev–Trinajstić information content (AvgIpc) is 2.44. The van der Waals surface area contributed by atoms with Gasteiger partial charge in [0, 0.05) is 46.2 Å². The molecular weight excluding hydrogens is 344 g/mol. The summed E-state index contributed by atoms with van der Waals surface area (Å²) >= 11 is 11.9. The molecule has 1 fully saturated rings. The maximum absolute atomic E-state index is 6.35. The van der Waals surface area contributed by atoms with E-state index < -0.39 is 0 Å². The summed E-state index contributed by atoms with van der Waals surface area (Å²) in [5.41, 5.74) is 7.16. The Balaban J connectivity index is 2.21. The van der Waals surface area contributed by atoms with Crippen molar-refractivity contribution in [2.24, 2.45) is 5.73 Å². The third kappa shape index (κ3) is 3.88. The first-order valence-corrected chi connectivity index (χ1v) is 8.88. The van der Waals surface area contributed by atoms with E-state index in [1.54, 1.807) is 0 Å². The van der Waals surface area contributed by atoms with Crippen LogP contribution < -0.4 is 5.73 Å². The van der Waals surface area contributed by atoms with E-state index in [1.807, 2.05) is 12.1 Å². The summed E-state index contributed by atoms with van der Waals surface area (Å²) in [6.45, 7) is 5.06. The smallest absolute Gasteiger partial charge is 0.0486 e. The van der Waals surface area contributed by atoms with E-state index in [0.29, 0.717) is 11.8 Å². The summed E-state index contributed by atoms with van der Waals surface area (Å²) in [7, 11) is 0. The first kappa shape index (κ1) is 15.6. The van der Waals surface area contributed by atoms with Crippen molar-refractivity contribution in [1.29, 1.82) is 0 Å². The van der Waals surface area contributed by atoms with Crippen LogP contribution >= 0.6 is 39.3 Å². The zero-order chi connectivity index (χ0) is 13.8. The molecule has 1 aliphatic rings. The molecule has 2 N–H and O–H groups in total. The molecule has 0 aromatic heterocycles. The SMILES string of the molecule is CCC1CN(C(CN)c2cc(Br)ccc2Cl)CCS1. The lowest BCUT2D eigenvalue weighted by Gasteiger charge is -2.38. The highest BCUT2D eigenvalue weighted by Crippen LogP contribution is 2.33. The molecule has 0 saturated carbocycles. The molecule has 2 nitrogen and oxygen atoms in total. The summed E-state index contributed by atoms with van der Waals surface area (Å²) in [5, 5.41) is 1.53. The fourth-order valence-electron chi connectivity index (χ4n) is 2.51. The van der Waals surface area contributed by atoms with Crippen molar-refractivity contribution in [3.05, 3.63) is 33.3 Å². The second-order valence-corrected chi connectivity index (χ2v) is 7.54. The van der Waals surface area contributed by atoms with Gasteiger partial charge in [0.1, 0.15) is 0 Å². The Morgan fingerprint density at radius 1 is 1.58 bits per heavy atom. The maximum atomic E-state index is 6.35. The average molecular weight is 364 g/mol. The van der Waals surface area contributed by atoms with Crippen molar-refractivity contribution in [1.82, 2.24) is 4.90 Å². The van der Waals surface area contributed by atoms with Gasteiger partial charge in [0.15, 0.2) is 0 Å². The molecule has 1 aliphatic heterocycles. The normalized spacial score (nSPS) is 22.4. The lowest BCUT2D eigenvalue weighted by molar-refractivity contribution is 0.207. The van der Waals surface area contributed by atoms with Crippen molar-refractivity contribution < 1.29 is 0 Å². The summed E-state index contributed by atoms with van der Waals surface area (Å²) < 4.78 is 1.06. The summed E-state index contributed by atoms with van der Waals surface area (Å²) in [4.78, 5) is 2.48. The second kappa shape index (κ2) is 7.32. The minimum absolute atomic E-state index is 0.222. The van der Waals surface area contributed by atoms with Gasteiger partial charge in [-0.15, -0.1) is 0 Å². The van der Waals surface area contributed by atoms with Gasteiger partial charge >= 0.3 is 0 Å². The van der Waals surface area contributed by atoms with Crippen LogP contribution in [-0.2, 0) is 0 Å². The van der Waals surface area contributed by atoms with Crippen molar-refractivity contribution in [2.75, 3.05) is 25.4 Å². The topological polar surface area (TPSA) is 29.3 Å². The Kier molecular flexibility index (Phi) is 6.03. The van der Waals surface area contributed by atoms with Crippen LogP contribution in [0.2, 0.25) is 5.02 Å². The summed E-state index contributed by atoms with van der Waals surface area (Å²) in [6.07, 6.45) is 1.21. The zero-order valence-corrected chi connectivity index (χ0v) is 14.3. The maximum Gasteiger partial charge on any atom is 0.0486 e. The van der Waals surface area contributed by atoms with E-state index in [2.05, 4.69) is 45.6 Å². The Hall–Kier alpha value is 0.260. The zero-order valence-electron chi connectivity index (χ0n) is 11.1. The van der Waals surface area contributed by atoms with Crippen LogP contribution in [0, 0.1) is 0 Å². The second-order valence-electron chi connectivity index (χ2n) is 4.81. The van der Waals surface area contributed by atoms with Gasteiger partial charge in [-0.25, -0.2) is 0 Å². The molecule has 1 heterocycles. The van der Waals surface area contributed by atoms with E-state index in [9.17, 15) is 0 Å². The van der Waals surface area contributed by atoms with Gasteiger partial charge in [0.25, 0.3) is 0 Å². The number of hydrogen-bond acceptors (Lipinski definition) is 3. The van der Waals surface area contributed by atoms with Crippen LogP contribution in [0.5, 0.6) is 0 Å². The Bertz CT molecular complexity index is 430. The molecule has 1 aromatic carbocycles. The van der Waals surface area contributed by atoms with Crippen LogP contribution in [0.25, 0.3) is 0 Å². The third-order valence-corrected chi connectivity index (χ3v) is 5.82. The van der Waals surface area contributed by atoms with Gasteiger partial charge in [-0.05, 0) is 30.2 Å². The molecule has 0 radical (unpaired) electrons. The number of hydrogen-bond donors (Lipinski definition) is 1. The van der Waals surface area contributed by atoms with E-state index in [4.69, 9.17) is 17.3 Å². The first-order chi connectivity index (χ1) is 9.15. The van der Waals surface area contributed by atoms with Crippen LogP contribution in [-0.4, -0.2) is 35.5 Å². The van der Waals surface area contributed by atoms with E-state index in [0.717, 1.165) is 28.1 Å². The molecule has 2 atom stereocenters. The Labute approximate surface area is 133 Å². The predicted molar refractivity (Wildman–Crippen MR) is 89.1 cm³/mol. The molecule has 0 aliphatic carbocycles. The van der Waals surface area contributed by atoms with E-state index in [-0.39, 0.29) is 6.04 Å². The highest BCUT2D eigenvalue weighted by atomic mass is 79.9. The van der Waals surface area contributed by atoms with Crippen molar-refractivity contribution in [2.45, 2.75) is 24.6 Å². The van der Waals surface area contributed by atoms with Crippen molar-refractivity contribution in [3.8, 4) is 0 Å². The number of rotatable bonds is 4. The fraction of sp³-hybridized carbons (Fsp3) is 0.571. The standard InChI is InChI=1S/C14H20BrClN2S/c1-2-11-9-18(5-6-19-11)14(8-17)12-7-10(15)3-4-13(12)16/h3-4,7,11,14H,2,5-6,8-9,17H2,1H3. The lowest BCUT2D eigenvalue weighted by Crippen LogP contribution is -2.42. The molecule has 1 aromatic rings. The molecule has 2 rings (SSSR count). The van der Waals surface area contributed by atoms with Gasteiger partial charge in [-0.2, -0.15) is 11.8 Å². The van der Waals surface area contributed by atoms with Gasteiger partial charge in [-0.3, -0.25) is 4.90 Å². The van der Waals surface area contributed by atoms with Gasteiger partial charge in [0.2, 0.25) is 0 Å². The first-order valence-electron chi connectivity index (χ1n) is 6.66. The van der Waals surface area contributed by atoms with E-state index >= 15 is 0 Å². The molecule has 0 amide bonds. The minimum Gasteiger partial charge on any atom is -0.329 e. The third-order valence-electron chi connectivity index (χ3n) is 3.61. The number of thioether (sulfide) groups is 1. The van der Waals surface area contributed by atoms with Gasteiger partial charge in [-0.1, -0.05) is 34.5 Å². The molecule has 1 saturated heterocycles. The van der Waals surface area contributed by atoms with Crippen molar-refractivity contribution in [3.63, 3.8) is 0 Å². The molecule has 0 bridgehead atoms. The molecule has 5 heteroatoms. The largest absolute Gasteiger partial charge is 0.329 e. The van der Waals surface area contributed by atoms with Gasteiger partial charge in [0.05, 0.1) is 0 Å². The fourth-order valence-corrected chi connectivity index (χ4v) is 4.34.